The molecular formula is C17H15ClN2O2. The molecule has 2 heterocycles. The Morgan fingerprint density at radius 3 is 2.36 bits per heavy atom. The van der Waals surface area contributed by atoms with Crippen molar-refractivity contribution in [3.63, 3.8) is 0 Å². The number of benzene rings is 1. The van der Waals surface area contributed by atoms with Crippen LogP contribution in [0.5, 0.6) is 0 Å². The second-order valence-electron chi connectivity index (χ2n) is 5.41. The number of anilines is 1. The third-order valence-electron chi connectivity index (χ3n) is 3.85. The van der Waals surface area contributed by atoms with Gasteiger partial charge in [0, 0.05) is 31.0 Å². The molecule has 1 saturated heterocycles. The van der Waals surface area contributed by atoms with Gasteiger partial charge in [0.1, 0.15) is 0 Å². The number of pyridine rings is 1. The van der Waals surface area contributed by atoms with Crippen LogP contribution in [0.4, 0.5) is 5.69 Å². The number of nitrogens with zero attached hydrogens (tertiary/aromatic N) is 2. The summed E-state index contributed by atoms with van der Waals surface area (Å²) >= 11 is 5.49. The van der Waals surface area contributed by atoms with Gasteiger partial charge in [-0.05, 0) is 53.4 Å². The van der Waals surface area contributed by atoms with E-state index in [4.69, 9.17) is 11.6 Å². The molecular weight excluding hydrogens is 300 g/mol. The standard InChI is InChI=1S/C17H15ClN2O2/c18-17(22)14-10-16(21)20(11-14)15-3-1-12(2-4-15)9-13-5-7-19-8-6-13/h1-8,14H,9-11H2. The second kappa shape index (κ2) is 6.28. The van der Waals surface area contributed by atoms with Crippen molar-refractivity contribution in [2.24, 2.45) is 5.92 Å². The lowest BCUT2D eigenvalue weighted by molar-refractivity contribution is -0.120. The van der Waals surface area contributed by atoms with E-state index < -0.39 is 11.2 Å². The highest BCUT2D eigenvalue weighted by molar-refractivity contribution is 6.64. The third kappa shape index (κ3) is 3.17. The summed E-state index contributed by atoms with van der Waals surface area (Å²) in [7, 11) is 0. The highest BCUT2D eigenvalue weighted by Crippen LogP contribution is 2.27. The van der Waals surface area contributed by atoms with Crippen LogP contribution in [0.15, 0.2) is 48.8 Å². The fraction of sp³-hybridized carbons (Fsp3) is 0.235. The van der Waals surface area contributed by atoms with Gasteiger partial charge in [0.2, 0.25) is 11.1 Å². The van der Waals surface area contributed by atoms with E-state index in [-0.39, 0.29) is 12.3 Å². The molecule has 0 N–H and O–H groups in total. The van der Waals surface area contributed by atoms with Crippen LogP contribution in [-0.2, 0) is 16.0 Å². The van der Waals surface area contributed by atoms with Gasteiger partial charge in [-0.2, -0.15) is 0 Å². The van der Waals surface area contributed by atoms with Crippen LogP contribution in [-0.4, -0.2) is 22.7 Å². The smallest absolute Gasteiger partial charge is 0.227 e. The number of halogens is 1. The van der Waals surface area contributed by atoms with Gasteiger partial charge in [-0.3, -0.25) is 14.6 Å². The van der Waals surface area contributed by atoms with Gasteiger partial charge in [0.05, 0.1) is 5.92 Å². The summed E-state index contributed by atoms with van der Waals surface area (Å²) in [4.78, 5) is 28.8. The number of hydrogen-bond acceptors (Lipinski definition) is 3. The third-order valence-corrected chi connectivity index (χ3v) is 4.16. The zero-order valence-corrected chi connectivity index (χ0v) is 12.7. The Morgan fingerprint density at radius 2 is 1.77 bits per heavy atom. The van der Waals surface area contributed by atoms with Crippen LogP contribution in [0.3, 0.4) is 0 Å². The first-order valence-electron chi connectivity index (χ1n) is 7.11. The Balaban J connectivity index is 1.72. The van der Waals surface area contributed by atoms with Crippen LogP contribution in [0.25, 0.3) is 0 Å². The zero-order chi connectivity index (χ0) is 15.5. The summed E-state index contributed by atoms with van der Waals surface area (Å²) < 4.78 is 0. The van der Waals surface area contributed by atoms with Crippen molar-refractivity contribution in [2.45, 2.75) is 12.8 Å². The van der Waals surface area contributed by atoms with Crippen LogP contribution in [0.1, 0.15) is 17.5 Å². The maximum absolute atomic E-state index is 12.0. The molecule has 0 saturated carbocycles. The second-order valence-corrected chi connectivity index (χ2v) is 5.78. The van der Waals surface area contributed by atoms with Gasteiger partial charge < -0.3 is 4.90 Å². The molecule has 1 unspecified atom stereocenters. The van der Waals surface area contributed by atoms with Gasteiger partial charge in [0.15, 0.2) is 0 Å². The first-order chi connectivity index (χ1) is 10.6. The molecule has 0 aliphatic carbocycles. The number of carbonyl (C=O) groups is 2. The topological polar surface area (TPSA) is 50.3 Å². The summed E-state index contributed by atoms with van der Waals surface area (Å²) in [5.41, 5.74) is 3.16. The van der Waals surface area contributed by atoms with Gasteiger partial charge >= 0.3 is 0 Å². The number of carbonyl (C=O) groups excluding carboxylic acids is 2. The molecule has 5 heteroatoms. The van der Waals surface area contributed by atoms with Gasteiger partial charge in [0.25, 0.3) is 0 Å². The molecule has 4 nitrogen and oxygen atoms in total. The summed E-state index contributed by atoms with van der Waals surface area (Å²) in [6, 6.07) is 11.8. The van der Waals surface area contributed by atoms with E-state index in [0.717, 1.165) is 17.7 Å². The molecule has 112 valence electrons. The van der Waals surface area contributed by atoms with Crippen molar-refractivity contribution in [3.8, 4) is 0 Å². The molecule has 1 aromatic carbocycles. The summed E-state index contributed by atoms with van der Waals surface area (Å²) in [5, 5.41) is -0.440. The van der Waals surface area contributed by atoms with E-state index in [0.29, 0.717) is 6.54 Å². The molecule has 1 aliphatic rings. The van der Waals surface area contributed by atoms with Crippen molar-refractivity contribution in [2.75, 3.05) is 11.4 Å². The minimum Gasteiger partial charge on any atom is -0.312 e. The Kier molecular flexibility index (Phi) is 4.20. The minimum absolute atomic E-state index is 0.0547. The van der Waals surface area contributed by atoms with E-state index in [2.05, 4.69) is 4.98 Å². The van der Waals surface area contributed by atoms with E-state index in [9.17, 15) is 9.59 Å². The van der Waals surface area contributed by atoms with Crippen LogP contribution in [0.2, 0.25) is 0 Å². The lowest BCUT2D eigenvalue weighted by Crippen LogP contribution is -2.25. The van der Waals surface area contributed by atoms with Crippen molar-refractivity contribution >= 4 is 28.4 Å². The number of hydrogen-bond donors (Lipinski definition) is 0. The molecule has 0 radical (unpaired) electrons. The van der Waals surface area contributed by atoms with Gasteiger partial charge in [-0.25, -0.2) is 0 Å². The molecule has 0 spiro atoms. The van der Waals surface area contributed by atoms with Gasteiger partial charge in [-0.15, -0.1) is 0 Å². The lowest BCUT2D eigenvalue weighted by atomic mass is 10.1. The first-order valence-corrected chi connectivity index (χ1v) is 7.49. The molecule has 0 bridgehead atoms. The molecule has 3 rings (SSSR count). The maximum Gasteiger partial charge on any atom is 0.227 e. The van der Waals surface area contributed by atoms with Crippen molar-refractivity contribution in [3.05, 3.63) is 59.9 Å². The Morgan fingerprint density at radius 1 is 1.14 bits per heavy atom. The quantitative estimate of drug-likeness (QED) is 0.815. The lowest BCUT2D eigenvalue weighted by Gasteiger charge is -2.16. The molecule has 1 aliphatic heterocycles. The highest BCUT2D eigenvalue weighted by atomic mass is 35.5. The average molecular weight is 315 g/mol. The van der Waals surface area contributed by atoms with Crippen molar-refractivity contribution in [1.29, 1.82) is 0 Å². The largest absolute Gasteiger partial charge is 0.312 e. The Labute approximate surface area is 133 Å². The van der Waals surface area contributed by atoms with E-state index in [1.807, 2.05) is 36.4 Å². The summed E-state index contributed by atoms with van der Waals surface area (Å²) in [6.45, 7) is 0.366. The molecule has 1 aromatic heterocycles. The average Bonchev–Trinajstić information content (AvgIpc) is 2.91. The maximum atomic E-state index is 12.0. The van der Waals surface area contributed by atoms with Gasteiger partial charge in [-0.1, -0.05) is 12.1 Å². The minimum atomic E-state index is -0.440. The fourth-order valence-corrected chi connectivity index (χ4v) is 2.79. The Bertz CT molecular complexity index is 686. The van der Waals surface area contributed by atoms with Crippen molar-refractivity contribution in [1.82, 2.24) is 4.98 Å². The van der Waals surface area contributed by atoms with E-state index in [1.54, 1.807) is 17.3 Å². The van der Waals surface area contributed by atoms with Crippen molar-refractivity contribution < 1.29 is 9.59 Å². The molecule has 2 aromatic rings. The molecule has 1 atom stereocenters. The SMILES string of the molecule is O=C(Cl)C1CC(=O)N(c2ccc(Cc3ccncc3)cc2)C1. The normalized spacial score (nSPS) is 17.8. The van der Waals surface area contributed by atoms with Crippen LogP contribution in [0, 0.1) is 5.92 Å². The first kappa shape index (κ1) is 14.7. The summed E-state index contributed by atoms with van der Waals surface area (Å²) in [5.74, 6) is -0.452. The molecule has 1 fully saturated rings. The number of amides is 1. The molecule has 22 heavy (non-hydrogen) atoms. The number of rotatable bonds is 4. The number of aromatic nitrogens is 1. The fourth-order valence-electron chi connectivity index (χ4n) is 2.64. The van der Waals surface area contributed by atoms with E-state index >= 15 is 0 Å². The highest BCUT2D eigenvalue weighted by Gasteiger charge is 2.34. The summed E-state index contributed by atoms with van der Waals surface area (Å²) in [6.07, 6.45) is 4.56. The molecule has 1 amide bonds. The van der Waals surface area contributed by atoms with Crippen LogP contribution >= 0.6 is 11.6 Å². The monoisotopic (exact) mass is 314 g/mol. The predicted molar refractivity (Wildman–Crippen MR) is 84.8 cm³/mol. The predicted octanol–water partition coefficient (Wildman–Crippen LogP) is 2.79. The van der Waals surface area contributed by atoms with E-state index in [1.165, 1.54) is 5.56 Å². The van der Waals surface area contributed by atoms with Crippen LogP contribution < -0.4 is 4.90 Å². The Hall–Kier alpha value is -2.20. The zero-order valence-electron chi connectivity index (χ0n) is 11.9.